The lowest BCUT2D eigenvalue weighted by atomic mass is 9.82. The molecule has 1 fully saturated rings. The van der Waals surface area contributed by atoms with Crippen LogP contribution in [-0.2, 0) is 13.0 Å². The van der Waals surface area contributed by atoms with Gasteiger partial charge in [-0.15, -0.1) is 0 Å². The Bertz CT molecular complexity index is 1240. The van der Waals surface area contributed by atoms with Crippen LogP contribution >= 0.6 is 0 Å². The third-order valence-electron chi connectivity index (χ3n) is 7.11. The van der Waals surface area contributed by atoms with E-state index < -0.39 is 0 Å². The summed E-state index contributed by atoms with van der Waals surface area (Å²) < 4.78 is 16.2. The molecule has 1 aromatic heterocycles. The Morgan fingerprint density at radius 3 is 2.60 bits per heavy atom. The molecule has 6 rings (SSSR count). The molecule has 1 atom stereocenters. The summed E-state index contributed by atoms with van der Waals surface area (Å²) in [5, 5.41) is 0. The first-order valence-electron chi connectivity index (χ1n) is 12.0. The van der Waals surface area contributed by atoms with Crippen LogP contribution in [0.4, 0.5) is 5.95 Å². The first-order valence-corrected chi connectivity index (χ1v) is 12.0. The number of ether oxygens (including phenoxy) is 3. The number of aromatic nitrogens is 2. The molecular formula is C27H28N4O4. The van der Waals surface area contributed by atoms with Crippen LogP contribution in [0.15, 0.2) is 48.7 Å². The number of hydrogen-bond acceptors (Lipinski definition) is 8. The van der Waals surface area contributed by atoms with Crippen LogP contribution in [0.5, 0.6) is 17.2 Å². The van der Waals surface area contributed by atoms with E-state index in [0.29, 0.717) is 18.8 Å². The fourth-order valence-electron chi connectivity index (χ4n) is 5.10. The second kappa shape index (κ2) is 9.19. The molecule has 0 bridgehead atoms. The number of anilines is 1. The normalized spacial score (nSPS) is 19.5. The molecule has 1 aliphatic carbocycles. The van der Waals surface area contributed by atoms with Gasteiger partial charge in [-0.1, -0.05) is 18.2 Å². The Hall–Kier alpha value is -3.65. The van der Waals surface area contributed by atoms with Crippen LogP contribution in [-0.4, -0.2) is 60.7 Å². The van der Waals surface area contributed by atoms with Crippen molar-refractivity contribution in [3.63, 3.8) is 0 Å². The van der Waals surface area contributed by atoms with E-state index in [-0.39, 0.29) is 11.7 Å². The molecule has 8 nitrogen and oxygen atoms in total. The van der Waals surface area contributed by atoms with Crippen LogP contribution < -0.4 is 19.1 Å². The highest BCUT2D eigenvalue weighted by Gasteiger charge is 2.29. The molecule has 1 saturated heterocycles. The molecule has 0 spiro atoms. The van der Waals surface area contributed by atoms with E-state index in [9.17, 15) is 4.79 Å². The first kappa shape index (κ1) is 21.9. The number of Topliss-reactive ketones (excluding diaryl/α,β-unsaturated/α-hetero) is 1. The number of methoxy groups -OCH3 is 1. The lowest BCUT2D eigenvalue weighted by Crippen LogP contribution is -2.46. The minimum absolute atomic E-state index is 0.118. The number of carbonyl (C=O) groups is 1. The van der Waals surface area contributed by atoms with Gasteiger partial charge in [0, 0.05) is 45.3 Å². The third-order valence-corrected chi connectivity index (χ3v) is 7.11. The second-order valence-corrected chi connectivity index (χ2v) is 9.28. The van der Waals surface area contributed by atoms with Gasteiger partial charge in [0.2, 0.25) is 12.7 Å². The van der Waals surface area contributed by atoms with Gasteiger partial charge in [0.05, 0.1) is 18.4 Å². The standard InChI is InChI=1S/C27H28N4O4/c1-33-21-5-3-19(4-6-21)20-13-23-22(24(32)14-20)15-28-27(29-23)31-10-8-30(9-11-31)16-18-2-7-25-26(12-18)35-17-34-25/h2-7,12,15,20H,8-11,13-14,16-17H2,1H3. The zero-order valence-electron chi connectivity index (χ0n) is 19.8. The molecule has 8 heteroatoms. The maximum Gasteiger partial charge on any atom is 0.231 e. The van der Waals surface area contributed by atoms with Crippen molar-refractivity contribution in [1.82, 2.24) is 14.9 Å². The highest BCUT2D eigenvalue weighted by atomic mass is 16.7. The van der Waals surface area contributed by atoms with Crippen molar-refractivity contribution < 1.29 is 19.0 Å². The minimum Gasteiger partial charge on any atom is -0.497 e. The molecular weight excluding hydrogens is 444 g/mol. The fourth-order valence-corrected chi connectivity index (χ4v) is 5.10. The highest BCUT2D eigenvalue weighted by molar-refractivity contribution is 5.98. The number of piperazine rings is 1. The van der Waals surface area contributed by atoms with E-state index in [0.717, 1.165) is 73.6 Å². The summed E-state index contributed by atoms with van der Waals surface area (Å²) in [5.74, 6) is 3.42. The molecule has 3 aliphatic rings. The zero-order chi connectivity index (χ0) is 23.8. The van der Waals surface area contributed by atoms with E-state index in [1.165, 1.54) is 5.56 Å². The molecule has 35 heavy (non-hydrogen) atoms. The molecule has 1 unspecified atom stereocenters. The Kier molecular flexibility index (Phi) is 5.74. The monoisotopic (exact) mass is 472 g/mol. The van der Waals surface area contributed by atoms with Gasteiger partial charge in [0.1, 0.15) is 5.75 Å². The van der Waals surface area contributed by atoms with Gasteiger partial charge in [-0.25, -0.2) is 9.97 Å². The summed E-state index contributed by atoms with van der Waals surface area (Å²) >= 11 is 0. The van der Waals surface area contributed by atoms with Crippen molar-refractivity contribution in [2.24, 2.45) is 0 Å². The van der Waals surface area contributed by atoms with Gasteiger partial charge in [-0.2, -0.15) is 0 Å². The lowest BCUT2D eigenvalue weighted by Gasteiger charge is -2.35. The number of benzene rings is 2. The van der Waals surface area contributed by atoms with Crippen molar-refractivity contribution in [3.8, 4) is 17.2 Å². The van der Waals surface area contributed by atoms with Gasteiger partial charge in [0.25, 0.3) is 0 Å². The molecule has 2 aromatic carbocycles. The minimum atomic E-state index is 0.118. The number of fused-ring (bicyclic) bond motifs is 2. The average Bonchev–Trinajstić information content (AvgIpc) is 3.37. The Balaban J connectivity index is 1.11. The van der Waals surface area contributed by atoms with Crippen LogP contribution in [0.3, 0.4) is 0 Å². The average molecular weight is 473 g/mol. The van der Waals surface area contributed by atoms with Gasteiger partial charge in [-0.05, 0) is 47.7 Å². The lowest BCUT2D eigenvalue weighted by molar-refractivity contribution is 0.0962. The zero-order valence-corrected chi connectivity index (χ0v) is 19.8. The summed E-state index contributed by atoms with van der Waals surface area (Å²) in [6.07, 6.45) is 2.96. The summed E-state index contributed by atoms with van der Waals surface area (Å²) in [6.45, 7) is 4.70. The Morgan fingerprint density at radius 2 is 1.80 bits per heavy atom. The smallest absolute Gasteiger partial charge is 0.231 e. The van der Waals surface area contributed by atoms with E-state index in [1.54, 1.807) is 13.3 Å². The van der Waals surface area contributed by atoms with Crippen LogP contribution in [0.2, 0.25) is 0 Å². The van der Waals surface area contributed by atoms with Crippen molar-refractivity contribution in [2.75, 3.05) is 45.0 Å². The van der Waals surface area contributed by atoms with Gasteiger partial charge in [0.15, 0.2) is 17.3 Å². The largest absolute Gasteiger partial charge is 0.497 e. The molecule has 0 saturated carbocycles. The molecule has 0 radical (unpaired) electrons. The van der Waals surface area contributed by atoms with E-state index in [1.807, 2.05) is 30.3 Å². The highest BCUT2D eigenvalue weighted by Crippen LogP contribution is 2.34. The van der Waals surface area contributed by atoms with Crippen molar-refractivity contribution >= 4 is 11.7 Å². The van der Waals surface area contributed by atoms with Crippen LogP contribution in [0.1, 0.15) is 39.5 Å². The number of hydrogen-bond donors (Lipinski definition) is 0. The molecule has 0 N–H and O–H groups in total. The van der Waals surface area contributed by atoms with Crippen molar-refractivity contribution in [1.29, 1.82) is 0 Å². The number of nitrogens with zero attached hydrogens (tertiary/aromatic N) is 4. The van der Waals surface area contributed by atoms with Gasteiger partial charge < -0.3 is 19.1 Å². The fraction of sp³-hybridized carbons (Fsp3) is 0.370. The Morgan fingerprint density at radius 1 is 1.00 bits per heavy atom. The van der Waals surface area contributed by atoms with Crippen LogP contribution in [0, 0.1) is 0 Å². The Labute approximate surface area is 204 Å². The maximum atomic E-state index is 12.8. The topological polar surface area (TPSA) is 77.0 Å². The van der Waals surface area contributed by atoms with Gasteiger partial charge in [-0.3, -0.25) is 9.69 Å². The molecule has 3 aromatic rings. The van der Waals surface area contributed by atoms with E-state index in [4.69, 9.17) is 19.2 Å². The summed E-state index contributed by atoms with van der Waals surface area (Å²) in [7, 11) is 1.66. The maximum absolute atomic E-state index is 12.8. The third kappa shape index (κ3) is 4.41. The summed E-state index contributed by atoms with van der Waals surface area (Å²) in [4.78, 5) is 26.9. The number of ketones is 1. The first-order chi connectivity index (χ1) is 17.2. The SMILES string of the molecule is COc1ccc(C2CC(=O)c3cnc(N4CCN(Cc5ccc6c(c5)OCO6)CC4)nc3C2)cc1. The summed E-state index contributed by atoms with van der Waals surface area (Å²) in [5.41, 5.74) is 3.88. The molecule has 3 heterocycles. The number of rotatable bonds is 5. The van der Waals surface area contributed by atoms with Gasteiger partial charge >= 0.3 is 0 Å². The van der Waals surface area contributed by atoms with E-state index >= 15 is 0 Å². The molecule has 2 aliphatic heterocycles. The van der Waals surface area contributed by atoms with Crippen molar-refractivity contribution in [2.45, 2.75) is 25.3 Å². The predicted octanol–water partition coefficient (Wildman–Crippen LogP) is 3.45. The summed E-state index contributed by atoms with van der Waals surface area (Å²) in [6, 6.07) is 14.1. The predicted molar refractivity (Wildman–Crippen MR) is 130 cm³/mol. The quantitative estimate of drug-likeness (QED) is 0.559. The number of carbonyl (C=O) groups excluding carboxylic acids is 1. The van der Waals surface area contributed by atoms with E-state index in [2.05, 4.69) is 26.9 Å². The second-order valence-electron chi connectivity index (χ2n) is 9.28. The molecule has 180 valence electrons. The van der Waals surface area contributed by atoms with Crippen LogP contribution in [0.25, 0.3) is 0 Å². The molecule has 0 amide bonds. The van der Waals surface area contributed by atoms with Crippen molar-refractivity contribution in [3.05, 3.63) is 71.0 Å².